The molecule has 0 bridgehead atoms. The van der Waals surface area contributed by atoms with Gasteiger partial charge in [-0.05, 0) is 25.0 Å². The van der Waals surface area contributed by atoms with Crippen molar-refractivity contribution in [2.24, 2.45) is 5.92 Å². The molecule has 0 amide bonds. The van der Waals surface area contributed by atoms with Gasteiger partial charge in [0.2, 0.25) is 0 Å². The Balaban J connectivity index is 2.78. The number of aromatic amines is 1. The van der Waals surface area contributed by atoms with Crippen molar-refractivity contribution in [1.29, 1.82) is 0 Å². The third-order valence-corrected chi connectivity index (χ3v) is 3.36. The minimum absolute atomic E-state index is 0.00953. The molecule has 5 heteroatoms. The minimum atomic E-state index is -1.04. The van der Waals surface area contributed by atoms with Gasteiger partial charge in [0.1, 0.15) is 0 Å². The fraction of sp³-hybridized carbons (Fsp3) is 0.385. The van der Waals surface area contributed by atoms with Crippen molar-refractivity contribution in [1.82, 2.24) is 9.55 Å². The highest BCUT2D eigenvalue weighted by Crippen LogP contribution is 2.22. The summed E-state index contributed by atoms with van der Waals surface area (Å²) in [4.78, 5) is 25.7. The van der Waals surface area contributed by atoms with Crippen molar-refractivity contribution in [2.45, 2.75) is 26.8 Å². The van der Waals surface area contributed by atoms with Gasteiger partial charge in [-0.15, -0.1) is 0 Å². The lowest BCUT2D eigenvalue weighted by Crippen LogP contribution is -2.23. The Bertz CT molecular complexity index is 652. The number of rotatable bonds is 3. The maximum atomic E-state index is 12.0. The molecule has 0 aliphatic heterocycles. The summed E-state index contributed by atoms with van der Waals surface area (Å²) in [5, 5.41) is 9.10. The maximum Gasteiger partial charge on any atom is 0.337 e. The highest BCUT2D eigenvalue weighted by atomic mass is 16.4. The summed E-state index contributed by atoms with van der Waals surface area (Å²) in [6, 6.07) is 4.92. The molecule has 0 aliphatic carbocycles. The topological polar surface area (TPSA) is 75.1 Å². The number of nitrogens with one attached hydrogen (secondary N) is 1. The Labute approximate surface area is 104 Å². The first kappa shape index (κ1) is 12.4. The molecule has 0 saturated heterocycles. The van der Waals surface area contributed by atoms with Gasteiger partial charge >= 0.3 is 11.7 Å². The maximum absolute atomic E-state index is 12.0. The molecule has 18 heavy (non-hydrogen) atoms. The number of aromatic nitrogens is 2. The molecule has 2 aromatic rings. The SMILES string of the molecule is CC(C)C(C)n1c(=O)[nH]c2c(C(=O)O)cccc21. The molecule has 5 nitrogen and oxygen atoms in total. The molecular weight excluding hydrogens is 232 g/mol. The van der Waals surface area contributed by atoms with E-state index in [1.165, 1.54) is 6.07 Å². The highest BCUT2D eigenvalue weighted by molar-refractivity contribution is 6.00. The fourth-order valence-corrected chi connectivity index (χ4v) is 2.03. The Morgan fingerprint density at radius 2 is 2.00 bits per heavy atom. The van der Waals surface area contributed by atoms with E-state index in [4.69, 9.17) is 5.11 Å². The van der Waals surface area contributed by atoms with Crippen LogP contribution in [-0.2, 0) is 0 Å². The quantitative estimate of drug-likeness (QED) is 0.874. The van der Waals surface area contributed by atoms with Crippen LogP contribution >= 0.6 is 0 Å². The summed E-state index contributed by atoms with van der Waals surface area (Å²) in [5.74, 6) is -0.749. The number of benzene rings is 1. The van der Waals surface area contributed by atoms with Gasteiger partial charge in [0.15, 0.2) is 0 Å². The molecule has 0 aliphatic rings. The summed E-state index contributed by atoms with van der Waals surface area (Å²) in [6.07, 6.45) is 0. The fourth-order valence-electron chi connectivity index (χ4n) is 2.03. The van der Waals surface area contributed by atoms with Crippen LogP contribution in [0.15, 0.2) is 23.0 Å². The molecule has 0 fully saturated rings. The Kier molecular flexibility index (Phi) is 2.98. The molecule has 1 aromatic heterocycles. The normalized spacial score (nSPS) is 13.1. The van der Waals surface area contributed by atoms with Crippen LogP contribution in [0.4, 0.5) is 0 Å². The number of hydrogen-bond donors (Lipinski definition) is 2. The zero-order valence-corrected chi connectivity index (χ0v) is 10.6. The van der Waals surface area contributed by atoms with Gasteiger partial charge in [0.25, 0.3) is 0 Å². The van der Waals surface area contributed by atoms with Crippen molar-refractivity contribution in [2.75, 3.05) is 0 Å². The van der Waals surface area contributed by atoms with E-state index in [0.29, 0.717) is 11.0 Å². The highest BCUT2D eigenvalue weighted by Gasteiger charge is 2.19. The standard InChI is InChI=1S/C13H16N2O3/c1-7(2)8(3)15-10-6-4-5-9(12(16)17)11(10)14-13(15)18/h4-8H,1-3H3,(H,14,18)(H,16,17). The average molecular weight is 248 g/mol. The summed E-state index contributed by atoms with van der Waals surface area (Å²) in [6.45, 7) is 6.00. The summed E-state index contributed by atoms with van der Waals surface area (Å²) in [5.41, 5.74) is 0.891. The molecule has 0 radical (unpaired) electrons. The van der Waals surface area contributed by atoms with Crippen molar-refractivity contribution < 1.29 is 9.90 Å². The number of hydrogen-bond acceptors (Lipinski definition) is 2. The van der Waals surface area contributed by atoms with E-state index in [1.807, 2.05) is 20.8 Å². The molecule has 1 heterocycles. The molecule has 0 spiro atoms. The second kappa shape index (κ2) is 4.33. The van der Waals surface area contributed by atoms with Crippen LogP contribution in [0.5, 0.6) is 0 Å². The molecule has 0 saturated carbocycles. The number of H-pyrrole nitrogens is 1. The van der Waals surface area contributed by atoms with Gasteiger partial charge in [-0.1, -0.05) is 19.9 Å². The molecule has 1 unspecified atom stereocenters. The number of fused-ring (bicyclic) bond motifs is 1. The van der Waals surface area contributed by atoms with Gasteiger partial charge < -0.3 is 10.1 Å². The third kappa shape index (κ3) is 1.81. The number of nitrogens with zero attached hydrogens (tertiary/aromatic N) is 1. The molecule has 1 aromatic carbocycles. The van der Waals surface area contributed by atoms with Crippen LogP contribution in [0.3, 0.4) is 0 Å². The van der Waals surface area contributed by atoms with Crippen molar-refractivity contribution in [3.05, 3.63) is 34.2 Å². The zero-order valence-electron chi connectivity index (χ0n) is 10.6. The van der Waals surface area contributed by atoms with Gasteiger partial charge in [0, 0.05) is 6.04 Å². The van der Waals surface area contributed by atoms with E-state index in [-0.39, 0.29) is 23.2 Å². The lowest BCUT2D eigenvalue weighted by molar-refractivity contribution is 0.0699. The van der Waals surface area contributed by atoms with Crippen LogP contribution in [0, 0.1) is 5.92 Å². The lowest BCUT2D eigenvalue weighted by Gasteiger charge is -2.17. The average Bonchev–Trinajstić information content (AvgIpc) is 2.63. The predicted molar refractivity (Wildman–Crippen MR) is 69.1 cm³/mol. The van der Waals surface area contributed by atoms with Crippen molar-refractivity contribution in [3.63, 3.8) is 0 Å². The van der Waals surface area contributed by atoms with Crippen LogP contribution in [0.1, 0.15) is 37.2 Å². The summed E-state index contributed by atoms with van der Waals surface area (Å²) in [7, 11) is 0. The van der Waals surface area contributed by atoms with Crippen LogP contribution < -0.4 is 5.69 Å². The van der Waals surface area contributed by atoms with E-state index >= 15 is 0 Å². The summed E-state index contributed by atoms with van der Waals surface area (Å²) < 4.78 is 1.62. The minimum Gasteiger partial charge on any atom is -0.478 e. The molecular formula is C13H16N2O3. The van der Waals surface area contributed by atoms with Gasteiger partial charge in [0.05, 0.1) is 16.6 Å². The van der Waals surface area contributed by atoms with E-state index in [2.05, 4.69) is 4.98 Å². The second-order valence-electron chi connectivity index (χ2n) is 4.79. The number of carboxylic acids is 1. The molecule has 1 atom stereocenters. The smallest absolute Gasteiger partial charge is 0.337 e. The molecule has 2 rings (SSSR count). The van der Waals surface area contributed by atoms with E-state index < -0.39 is 5.97 Å². The first-order chi connectivity index (χ1) is 8.43. The molecule has 96 valence electrons. The van der Waals surface area contributed by atoms with Crippen molar-refractivity contribution in [3.8, 4) is 0 Å². The van der Waals surface area contributed by atoms with E-state index in [0.717, 1.165) is 0 Å². The monoisotopic (exact) mass is 248 g/mol. The van der Waals surface area contributed by atoms with Gasteiger partial charge in [-0.2, -0.15) is 0 Å². The van der Waals surface area contributed by atoms with Gasteiger partial charge in [-0.3, -0.25) is 4.57 Å². The zero-order chi connectivity index (χ0) is 13.4. The Morgan fingerprint density at radius 3 is 2.56 bits per heavy atom. The molecule has 2 N–H and O–H groups in total. The Morgan fingerprint density at radius 1 is 1.33 bits per heavy atom. The number of aromatic carboxylic acids is 1. The number of carbonyl (C=O) groups is 1. The van der Waals surface area contributed by atoms with Crippen LogP contribution in [-0.4, -0.2) is 20.6 Å². The predicted octanol–water partition coefficient (Wildman–Crippen LogP) is 2.24. The number of carboxylic acid groups (broad SMARTS) is 1. The van der Waals surface area contributed by atoms with Crippen molar-refractivity contribution >= 4 is 17.0 Å². The number of para-hydroxylation sites is 1. The first-order valence-electron chi connectivity index (χ1n) is 5.90. The first-order valence-corrected chi connectivity index (χ1v) is 5.90. The van der Waals surface area contributed by atoms with Crippen LogP contribution in [0.25, 0.3) is 11.0 Å². The largest absolute Gasteiger partial charge is 0.478 e. The van der Waals surface area contributed by atoms with E-state index in [9.17, 15) is 9.59 Å². The number of imidazole rings is 1. The van der Waals surface area contributed by atoms with Gasteiger partial charge in [-0.25, -0.2) is 9.59 Å². The third-order valence-electron chi connectivity index (χ3n) is 3.36. The Hall–Kier alpha value is -2.04. The lowest BCUT2D eigenvalue weighted by atomic mass is 10.1. The van der Waals surface area contributed by atoms with Crippen LogP contribution in [0.2, 0.25) is 0 Å². The van der Waals surface area contributed by atoms with E-state index in [1.54, 1.807) is 16.7 Å². The second-order valence-corrected chi connectivity index (χ2v) is 4.79. The summed E-state index contributed by atoms with van der Waals surface area (Å²) >= 11 is 0.